The van der Waals surface area contributed by atoms with Crippen molar-refractivity contribution in [3.8, 4) is 11.8 Å². The molecule has 1 aromatic carbocycles. The SMILES string of the molecule is CCCc1cc(F)c(C#CC2CCC(C3CCC(C=CCl)CC3)CC2)c(F)c1. The zero-order valence-corrected chi connectivity index (χ0v) is 17.6. The summed E-state index contributed by atoms with van der Waals surface area (Å²) in [6.45, 7) is 2.00. The molecule has 0 aliphatic heterocycles. The number of hydrogen-bond donors (Lipinski definition) is 0. The molecule has 0 amide bonds. The lowest BCUT2D eigenvalue weighted by Gasteiger charge is -2.36. The van der Waals surface area contributed by atoms with Crippen LogP contribution in [0.4, 0.5) is 8.78 Å². The largest absolute Gasteiger partial charge is 0.206 e. The summed E-state index contributed by atoms with van der Waals surface area (Å²) in [4.78, 5) is 0. The number of aryl methyl sites for hydroxylation is 1. The van der Waals surface area contributed by atoms with Gasteiger partial charge < -0.3 is 0 Å². The van der Waals surface area contributed by atoms with Gasteiger partial charge in [-0.3, -0.25) is 0 Å². The highest BCUT2D eigenvalue weighted by Gasteiger charge is 2.29. The summed E-state index contributed by atoms with van der Waals surface area (Å²) in [7, 11) is 0. The Kier molecular flexibility index (Phi) is 7.98. The molecule has 0 aromatic heterocycles. The second-order valence-corrected chi connectivity index (χ2v) is 8.81. The van der Waals surface area contributed by atoms with Gasteiger partial charge in [0.2, 0.25) is 0 Å². The highest BCUT2D eigenvalue weighted by atomic mass is 35.5. The van der Waals surface area contributed by atoms with E-state index in [1.807, 2.05) is 6.92 Å². The van der Waals surface area contributed by atoms with Crippen LogP contribution in [-0.4, -0.2) is 0 Å². The Morgan fingerprint density at radius 3 is 2.07 bits per heavy atom. The molecular weight excluding hydrogens is 374 g/mol. The van der Waals surface area contributed by atoms with Gasteiger partial charge >= 0.3 is 0 Å². The summed E-state index contributed by atoms with van der Waals surface area (Å²) in [6, 6.07) is 2.87. The summed E-state index contributed by atoms with van der Waals surface area (Å²) < 4.78 is 28.4. The van der Waals surface area contributed by atoms with Gasteiger partial charge in [-0.05, 0) is 93.2 Å². The molecule has 28 heavy (non-hydrogen) atoms. The Bertz CT molecular complexity index is 704. The van der Waals surface area contributed by atoms with Crippen molar-refractivity contribution in [2.75, 3.05) is 0 Å². The minimum atomic E-state index is -0.521. The summed E-state index contributed by atoms with van der Waals surface area (Å²) in [5.74, 6) is 7.48. The predicted octanol–water partition coefficient (Wildman–Crippen LogP) is 7.63. The molecular formula is C25H31ClF2. The Morgan fingerprint density at radius 2 is 1.54 bits per heavy atom. The first-order chi connectivity index (χ1) is 13.6. The molecule has 0 atom stereocenters. The summed E-state index contributed by atoms with van der Waals surface area (Å²) in [6.07, 6.45) is 13.3. The van der Waals surface area contributed by atoms with Crippen molar-refractivity contribution in [2.24, 2.45) is 23.7 Å². The number of hydrogen-bond acceptors (Lipinski definition) is 0. The molecule has 0 unspecified atom stereocenters. The molecule has 3 heteroatoms. The van der Waals surface area contributed by atoms with E-state index < -0.39 is 11.6 Å². The molecule has 1 aromatic rings. The quantitative estimate of drug-likeness (QED) is 0.452. The van der Waals surface area contributed by atoms with Crippen molar-refractivity contribution in [3.63, 3.8) is 0 Å². The van der Waals surface area contributed by atoms with E-state index in [0.717, 1.165) is 31.1 Å². The van der Waals surface area contributed by atoms with Crippen LogP contribution in [-0.2, 0) is 6.42 Å². The van der Waals surface area contributed by atoms with E-state index in [0.29, 0.717) is 17.9 Å². The van der Waals surface area contributed by atoms with Crippen molar-refractivity contribution in [1.82, 2.24) is 0 Å². The van der Waals surface area contributed by atoms with E-state index in [4.69, 9.17) is 11.6 Å². The van der Waals surface area contributed by atoms with E-state index in [1.54, 1.807) is 5.54 Å². The van der Waals surface area contributed by atoms with E-state index in [9.17, 15) is 8.78 Å². The van der Waals surface area contributed by atoms with Gasteiger partial charge in [-0.15, -0.1) is 0 Å². The van der Waals surface area contributed by atoms with Gasteiger partial charge in [0.25, 0.3) is 0 Å². The Hall–Kier alpha value is -1.33. The molecule has 2 fully saturated rings. The van der Waals surface area contributed by atoms with Gasteiger partial charge in [-0.2, -0.15) is 0 Å². The minimum Gasteiger partial charge on any atom is -0.206 e. The third-order valence-electron chi connectivity index (χ3n) is 6.64. The second kappa shape index (κ2) is 10.4. The van der Waals surface area contributed by atoms with E-state index in [1.165, 1.54) is 50.7 Å². The zero-order valence-electron chi connectivity index (χ0n) is 16.8. The van der Waals surface area contributed by atoms with E-state index >= 15 is 0 Å². The van der Waals surface area contributed by atoms with Crippen molar-refractivity contribution in [2.45, 2.75) is 71.1 Å². The van der Waals surface area contributed by atoms with Crippen molar-refractivity contribution in [3.05, 3.63) is 46.5 Å². The minimum absolute atomic E-state index is 0.0624. The van der Waals surface area contributed by atoms with Gasteiger partial charge in [0.1, 0.15) is 11.6 Å². The van der Waals surface area contributed by atoms with Gasteiger partial charge in [-0.1, -0.05) is 42.9 Å². The first-order valence-electron chi connectivity index (χ1n) is 10.9. The van der Waals surface area contributed by atoms with Crippen LogP contribution < -0.4 is 0 Å². The van der Waals surface area contributed by atoms with Crippen LogP contribution in [0.3, 0.4) is 0 Å². The fourth-order valence-corrected chi connectivity index (χ4v) is 5.20. The molecule has 0 N–H and O–H groups in total. The van der Waals surface area contributed by atoms with Crippen LogP contribution in [0.15, 0.2) is 23.7 Å². The normalized spacial score (nSPS) is 28.1. The van der Waals surface area contributed by atoms with Crippen LogP contribution in [0.5, 0.6) is 0 Å². The predicted molar refractivity (Wildman–Crippen MR) is 113 cm³/mol. The lowest BCUT2D eigenvalue weighted by Crippen LogP contribution is -2.25. The number of halogens is 3. The lowest BCUT2D eigenvalue weighted by atomic mass is 9.69. The molecule has 0 heterocycles. The third-order valence-corrected chi connectivity index (χ3v) is 6.79. The van der Waals surface area contributed by atoms with Crippen LogP contribution in [0, 0.1) is 47.1 Å². The molecule has 0 bridgehead atoms. The lowest BCUT2D eigenvalue weighted by molar-refractivity contribution is 0.168. The van der Waals surface area contributed by atoms with Gasteiger partial charge in [0.15, 0.2) is 0 Å². The van der Waals surface area contributed by atoms with Crippen molar-refractivity contribution >= 4 is 11.6 Å². The molecule has 152 valence electrons. The second-order valence-electron chi connectivity index (χ2n) is 8.56. The maximum atomic E-state index is 14.2. The topological polar surface area (TPSA) is 0 Å². The number of benzene rings is 1. The first kappa shape index (κ1) is 21.4. The van der Waals surface area contributed by atoms with Gasteiger partial charge in [-0.25, -0.2) is 8.78 Å². The first-order valence-corrected chi connectivity index (χ1v) is 11.3. The Balaban J connectivity index is 1.53. The van der Waals surface area contributed by atoms with Crippen LogP contribution >= 0.6 is 11.6 Å². The summed E-state index contributed by atoms with van der Waals surface area (Å²) in [5, 5.41) is 0. The fourth-order valence-electron chi connectivity index (χ4n) is 5.00. The zero-order chi connectivity index (χ0) is 19.9. The molecule has 0 saturated heterocycles. The monoisotopic (exact) mass is 404 g/mol. The van der Waals surface area contributed by atoms with Crippen molar-refractivity contribution < 1.29 is 8.78 Å². The Morgan fingerprint density at radius 1 is 0.964 bits per heavy atom. The fraction of sp³-hybridized carbons (Fsp3) is 0.600. The smallest absolute Gasteiger partial charge is 0.142 e. The highest BCUT2D eigenvalue weighted by molar-refractivity contribution is 6.25. The number of allylic oxidation sites excluding steroid dienone is 1. The maximum absolute atomic E-state index is 14.2. The van der Waals surface area contributed by atoms with Crippen LogP contribution in [0.2, 0.25) is 0 Å². The average Bonchev–Trinajstić information content (AvgIpc) is 2.69. The highest BCUT2D eigenvalue weighted by Crippen LogP contribution is 2.41. The molecule has 0 radical (unpaired) electrons. The number of rotatable bonds is 4. The van der Waals surface area contributed by atoms with E-state index in [2.05, 4.69) is 17.9 Å². The maximum Gasteiger partial charge on any atom is 0.142 e. The molecule has 2 saturated carbocycles. The molecule has 2 aliphatic carbocycles. The standard InChI is InChI=1S/C25H31ClF2/c1-2-3-20-16-24(27)23(25(28)17-20)13-8-18-4-9-21(10-5-18)22-11-6-19(7-12-22)14-15-26/h14-19,21-22H,2-7,9-12H2,1H3. The molecule has 0 nitrogen and oxygen atoms in total. The Labute approximate surface area is 173 Å². The van der Waals surface area contributed by atoms with Gasteiger partial charge in [0.05, 0.1) is 5.56 Å². The molecule has 3 rings (SSSR count). The van der Waals surface area contributed by atoms with E-state index in [-0.39, 0.29) is 11.5 Å². The van der Waals surface area contributed by atoms with Crippen LogP contribution in [0.1, 0.15) is 75.8 Å². The van der Waals surface area contributed by atoms with Gasteiger partial charge in [0, 0.05) is 11.5 Å². The van der Waals surface area contributed by atoms with Crippen LogP contribution in [0.25, 0.3) is 0 Å². The summed E-state index contributed by atoms with van der Waals surface area (Å²) in [5.41, 5.74) is 2.31. The third kappa shape index (κ3) is 5.60. The molecule has 0 spiro atoms. The van der Waals surface area contributed by atoms with Crippen molar-refractivity contribution in [1.29, 1.82) is 0 Å². The average molecular weight is 405 g/mol. The summed E-state index contributed by atoms with van der Waals surface area (Å²) >= 11 is 5.71. The molecule has 2 aliphatic rings.